The minimum Gasteiger partial charge on any atom is -0.475 e. The first-order chi connectivity index (χ1) is 15.6. The van der Waals surface area contributed by atoms with Gasteiger partial charge < -0.3 is 14.3 Å². The zero-order valence-corrected chi connectivity index (χ0v) is 16.9. The summed E-state index contributed by atoms with van der Waals surface area (Å²) in [6.07, 6.45) is -0.536. The highest BCUT2D eigenvalue weighted by Crippen LogP contribution is 2.44. The quantitative estimate of drug-likeness (QED) is 0.409. The first kappa shape index (κ1) is 19.6. The third-order valence-electron chi connectivity index (χ3n) is 5.58. The molecule has 0 spiro atoms. The van der Waals surface area contributed by atoms with Crippen molar-refractivity contribution in [1.29, 1.82) is 0 Å². The Labute approximate surface area is 184 Å². The number of furan rings is 1. The molecule has 158 valence electrons. The first-order valence-electron chi connectivity index (χ1n) is 10.2. The van der Waals surface area contributed by atoms with Crippen LogP contribution in [0, 0.1) is 0 Å². The molecule has 0 aliphatic heterocycles. The van der Waals surface area contributed by atoms with E-state index in [1.807, 2.05) is 24.3 Å². The van der Waals surface area contributed by atoms with Crippen LogP contribution in [0.15, 0.2) is 89.3 Å². The third kappa shape index (κ3) is 3.63. The summed E-state index contributed by atoms with van der Waals surface area (Å²) < 4.78 is 10.8. The second kappa shape index (κ2) is 8.07. The lowest BCUT2D eigenvalue weighted by Crippen LogP contribution is -2.17. The van der Waals surface area contributed by atoms with E-state index in [1.165, 1.54) is 17.2 Å². The minimum atomic E-state index is -1.12. The van der Waals surface area contributed by atoms with Crippen molar-refractivity contribution in [2.75, 3.05) is 11.9 Å². The zero-order valence-electron chi connectivity index (χ0n) is 16.9. The number of rotatable bonds is 5. The molecule has 4 aromatic rings. The minimum absolute atomic E-state index is 0.00194. The number of aromatic carboxylic acids is 1. The van der Waals surface area contributed by atoms with Crippen molar-refractivity contribution in [3.8, 4) is 22.5 Å². The number of amides is 1. The van der Waals surface area contributed by atoms with Crippen LogP contribution in [0.3, 0.4) is 0 Å². The van der Waals surface area contributed by atoms with Crippen LogP contribution in [0.1, 0.15) is 27.6 Å². The normalized spacial score (nSPS) is 12.1. The number of fused-ring (bicyclic) bond motifs is 3. The molecule has 32 heavy (non-hydrogen) atoms. The number of anilines is 1. The molecule has 1 aliphatic rings. The van der Waals surface area contributed by atoms with Crippen molar-refractivity contribution in [2.45, 2.75) is 5.92 Å². The highest BCUT2D eigenvalue weighted by Gasteiger charge is 2.29. The van der Waals surface area contributed by atoms with E-state index in [0.29, 0.717) is 17.0 Å². The molecule has 1 amide bonds. The summed E-state index contributed by atoms with van der Waals surface area (Å²) in [5, 5.41) is 11.7. The maximum atomic E-state index is 12.4. The Balaban J connectivity index is 1.24. The molecule has 2 N–H and O–H groups in total. The summed E-state index contributed by atoms with van der Waals surface area (Å²) in [6.45, 7) is 0.238. The van der Waals surface area contributed by atoms with Crippen LogP contribution in [0.4, 0.5) is 10.5 Å². The van der Waals surface area contributed by atoms with E-state index in [4.69, 9.17) is 14.3 Å². The number of carbonyl (C=O) groups is 2. The van der Waals surface area contributed by atoms with Crippen LogP contribution in [0.25, 0.3) is 22.5 Å². The number of carboxylic acid groups (broad SMARTS) is 1. The lowest BCUT2D eigenvalue weighted by Gasteiger charge is -2.14. The van der Waals surface area contributed by atoms with Gasteiger partial charge in [0.1, 0.15) is 12.4 Å². The highest BCUT2D eigenvalue weighted by molar-refractivity contribution is 5.86. The smallest absolute Gasteiger partial charge is 0.411 e. The second-order valence-electron chi connectivity index (χ2n) is 7.50. The predicted octanol–water partition coefficient (Wildman–Crippen LogP) is 6.01. The van der Waals surface area contributed by atoms with Gasteiger partial charge >= 0.3 is 12.1 Å². The average Bonchev–Trinajstić information content (AvgIpc) is 3.42. The number of carbonyl (C=O) groups excluding carboxylic acids is 1. The van der Waals surface area contributed by atoms with Crippen LogP contribution in [0.5, 0.6) is 0 Å². The van der Waals surface area contributed by atoms with Gasteiger partial charge in [0.05, 0.1) is 0 Å². The highest BCUT2D eigenvalue weighted by atomic mass is 16.5. The molecule has 0 radical (unpaired) electrons. The molecule has 6 heteroatoms. The standard InChI is InChI=1S/C26H19NO5/c28-25(29)24-14-13-23(32-24)16-9-11-17(12-10-16)27-26(30)31-15-22-20-7-3-1-5-18(20)19-6-2-4-8-21(19)22/h1-14,22H,15H2,(H,27,30)(H,28,29). The summed E-state index contributed by atoms with van der Waals surface area (Å²) in [7, 11) is 0. The van der Waals surface area contributed by atoms with Crippen molar-refractivity contribution in [2.24, 2.45) is 0 Å². The fourth-order valence-corrected chi connectivity index (χ4v) is 4.08. The van der Waals surface area contributed by atoms with Gasteiger partial charge in [-0.1, -0.05) is 48.5 Å². The fourth-order valence-electron chi connectivity index (χ4n) is 4.08. The molecule has 1 aromatic heterocycles. The van der Waals surface area contributed by atoms with Gasteiger partial charge in [-0.25, -0.2) is 9.59 Å². The van der Waals surface area contributed by atoms with Crippen LogP contribution < -0.4 is 5.32 Å². The SMILES string of the molecule is O=C(Nc1ccc(-c2ccc(C(=O)O)o2)cc1)OCC1c2ccccc2-c2ccccc21. The van der Waals surface area contributed by atoms with Crippen molar-refractivity contribution in [1.82, 2.24) is 0 Å². The topological polar surface area (TPSA) is 88.8 Å². The molecule has 3 aromatic carbocycles. The maximum Gasteiger partial charge on any atom is 0.411 e. The van der Waals surface area contributed by atoms with Crippen LogP contribution in [-0.2, 0) is 4.74 Å². The van der Waals surface area contributed by atoms with Gasteiger partial charge in [-0.2, -0.15) is 0 Å². The molecular formula is C26H19NO5. The molecule has 0 saturated heterocycles. The molecular weight excluding hydrogens is 406 g/mol. The van der Waals surface area contributed by atoms with Gasteiger partial charge in [0.2, 0.25) is 5.76 Å². The van der Waals surface area contributed by atoms with E-state index < -0.39 is 12.1 Å². The van der Waals surface area contributed by atoms with Gasteiger partial charge in [0.25, 0.3) is 0 Å². The van der Waals surface area contributed by atoms with Crippen molar-refractivity contribution < 1.29 is 23.8 Å². The third-order valence-corrected chi connectivity index (χ3v) is 5.58. The molecule has 5 rings (SSSR count). The number of carboxylic acids is 1. The fraction of sp³-hybridized carbons (Fsp3) is 0.0769. The Bertz CT molecular complexity index is 1260. The van der Waals surface area contributed by atoms with E-state index in [1.54, 1.807) is 30.3 Å². The Morgan fingerprint density at radius 2 is 1.47 bits per heavy atom. The molecule has 0 saturated carbocycles. The monoisotopic (exact) mass is 425 g/mol. The molecule has 0 unspecified atom stereocenters. The molecule has 0 fully saturated rings. The predicted molar refractivity (Wildman–Crippen MR) is 120 cm³/mol. The summed E-state index contributed by atoms with van der Waals surface area (Å²) >= 11 is 0. The maximum absolute atomic E-state index is 12.4. The van der Waals surface area contributed by atoms with E-state index in [2.05, 4.69) is 29.6 Å². The molecule has 1 aliphatic carbocycles. The van der Waals surface area contributed by atoms with Crippen molar-refractivity contribution in [3.63, 3.8) is 0 Å². The van der Waals surface area contributed by atoms with E-state index >= 15 is 0 Å². The van der Waals surface area contributed by atoms with Gasteiger partial charge in [0.15, 0.2) is 0 Å². The number of hydrogen-bond donors (Lipinski definition) is 2. The van der Waals surface area contributed by atoms with Gasteiger partial charge in [0, 0.05) is 17.2 Å². The number of nitrogens with one attached hydrogen (secondary N) is 1. The molecule has 6 nitrogen and oxygen atoms in total. The molecule has 0 atom stereocenters. The Morgan fingerprint density at radius 3 is 2.06 bits per heavy atom. The lowest BCUT2D eigenvalue weighted by molar-refractivity contribution is 0.0663. The van der Waals surface area contributed by atoms with E-state index in [0.717, 1.165) is 11.1 Å². The van der Waals surface area contributed by atoms with Crippen LogP contribution in [0.2, 0.25) is 0 Å². The van der Waals surface area contributed by atoms with E-state index in [-0.39, 0.29) is 18.3 Å². The first-order valence-corrected chi connectivity index (χ1v) is 10.2. The van der Waals surface area contributed by atoms with Crippen molar-refractivity contribution in [3.05, 3.63) is 102 Å². The molecule has 0 bridgehead atoms. The number of benzene rings is 3. The van der Waals surface area contributed by atoms with Gasteiger partial charge in [-0.15, -0.1) is 0 Å². The summed E-state index contributed by atoms with van der Waals surface area (Å²) in [6, 6.07) is 26.2. The number of hydrogen-bond acceptors (Lipinski definition) is 4. The van der Waals surface area contributed by atoms with Gasteiger partial charge in [-0.05, 0) is 58.7 Å². The van der Waals surface area contributed by atoms with E-state index in [9.17, 15) is 9.59 Å². The number of ether oxygens (including phenoxy) is 1. The Kier molecular flexibility index (Phi) is 4.95. The summed E-state index contributed by atoms with van der Waals surface area (Å²) in [5.74, 6) is -0.807. The Hall–Kier alpha value is -4.32. The molecule has 1 heterocycles. The lowest BCUT2D eigenvalue weighted by atomic mass is 9.98. The largest absolute Gasteiger partial charge is 0.475 e. The van der Waals surface area contributed by atoms with Crippen molar-refractivity contribution >= 4 is 17.7 Å². The zero-order chi connectivity index (χ0) is 22.1. The second-order valence-corrected chi connectivity index (χ2v) is 7.50. The summed E-state index contributed by atoms with van der Waals surface area (Å²) in [5.41, 5.74) is 5.94. The summed E-state index contributed by atoms with van der Waals surface area (Å²) in [4.78, 5) is 23.4. The average molecular weight is 425 g/mol. The van der Waals surface area contributed by atoms with Gasteiger partial charge in [-0.3, -0.25) is 5.32 Å². The Morgan fingerprint density at radius 1 is 0.844 bits per heavy atom. The van der Waals surface area contributed by atoms with Crippen LogP contribution >= 0.6 is 0 Å². The van der Waals surface area contributed by atoms with Crippen LogP contribution in [-0.4, -0.2) is 23.8 Å².